The number of aryl methyl sites for hydroxylation is 1. The average Bonchev–Trinajstić information content (AvgIpc) is 3.08. The largest absolute Gasteiger partial charge is 0.352 e. The molecule has 1 N–H and O–H groups in total. The quantitative estimate of drug-likeness (QED) is 0.159. The van der Waals surface area contributed by atoms with Gasteiger partial charge in [-0.05, 0) is 73.9 Å². The molecule has 1 fully saturated rings. The van der Waals surface area contributed by atoms with E-state index in [1.165, 1.54) is 29.2 Å². The highest BCUT2D eigenvalue weighted by Gasteiger charge is 2.36. The molecule has 0 aromatic heterocycles. The van der Waals surface area contributed by atoms with Crippen molar-refractivity contribution in [3.8, 4) is 0 Å². The SMILES string of the molecule is Cc1ccc(N(CC(=O)N(Cc2c(Cl)cccc2Cl)[C@H](Cc2ccccc2)C(=O)NC2CCCCC2)S(=O)(=O)c2ccc(Cl)cc2)cc1. The maximum absolute atomic E-state index is 14.7. The molecule has 1 atom stereocenters. The molecule has 0 spiro atoms. The van der Waals surface area contributed by atoms with Crippen molar-refractivity contribution in [3.63, 3.8) is 0 Å². The summed E-state index contributed by atoms with van der Waals surface area (Å²) in [5, 5.41) is 4.23. The Hall–Kier alpha value is -3.56. The number of carbonyl (C=O) groups is 2. The van der Waals surface area contributed by atoms with E-state index in [9.17, 15) is 18.0 Å². The molecule has 0 unspecified atom stereocenters. The fourth-order valence-corrected chi connectivity index (χ4v) is 7.98. The number of nitrogens with zero attached hydrogens (tertiary/aromatic N) is 2. The van der Waals surface area contributed by atoms with E-state index in [0.29, 0.717) is 26.3 Å². The minimum atomic E-state index is -4.25. The fourth-order valence-electron chi connectivity index (χ4n) is 5.93. The first-order valence-electron chi connectivity index (χ1n) is 15.9. The van der Waals surface area contributed by atoms with Gasteiger partial charge in [0.25, 0.3) is 10.0 Å². The highest BCUT2D eigenvalue weighted by Crippen LogP contribution is 2.30. The first kappa shape index (κ1) is 35.7. The van der Waals surface area contributed by atoms with Crippen LogP contribution in [-0.2, 0) is 32.6 Å². The van der Waals surface area contributed by atoms with E-state index in [4.69, 9.17) is 34.8 Å². The van der Waals surface area contributed by atoms with Crippen LogP contribution in [0.3, 0.4) is 0 Å². The van der Waals surface area contributed by atoms with E-state index in [-0.39, 0.29) is 29.8 Å². The molecule has 11 heteroatoms. The van der Waals surface area contributed by atoms with Gasteiger partial charge in [-0.15, -0.1) is 0 Å². The zero-order chi connectivity index (χ0) is 34.3. The first-order chi connectivity index (χ1) is 23.0. The van der Waals surface area contributed by atoms with Gasteiger partial charge in [-0.25, -0.2) is 8.42 Å². The third-order valence-electron chi connectivity index (χ3n) is 8.62. The van der Waals surface area contributed by atoms with E-state index in [1.54, 1.807) is 42.5 Å². The van der Waals surface area contributed by atoms with E-state index in [1.807, 2.05) is 37.3 Å². The van der Waals surface area contributed by atoms with E-state index >= 15 is 0 Å². The molecular formula is C37H38Cl3N3O4S. The monoisotopic (exact) mass is 725 g/mol. The molecule has 7 nitrogen and oxygen atoms in total. The molecule has 5 rings (SSSR count). The predicted octanol–water partition coefficient (Wildman–Crippen LogP) is 8.24. The second-order valence-electron chi connectivity index (χ2n) is 12.1. The number of carbonyl (C=O) groups excluding carboxylic acids is 2. The number of halogens is 3. The summed E-state index contributed by atoms with van der Waals surface area (Å²) in [5.74, 6) is -0.909. The highest BCUT2D eigenvalue weighted by molar-refractivity contribution is 7.92. The number of amides is 2. The van der Waals surface area contributed by atoms with Crippen LogP contribution in [0.15, 0.2) is 102 Å². The summed E-state index contributed by atoms with van der Waals surface area (Å²) in [6.45, 7) is 1.19. The lowest BCUT2D eigenvalue weighted by atomic mass is 9.94. The van der Waals surface area contributed by atoms with Gasteiger partial charge in [0.2, 0.25) is 11.8 Å². The van der Waals surface area contributed by atoms with Crippen LogP contribution in [0.1, 0.15) is 48.8 Å². The van der Waals surface area contributed by atoms with Gasteiger partial charge < -0.3 is 10.2 Å². The van der Waals surface area contributed by atoms with Crippen LogP contribution < -0.4 is 9.62 Å². The average molecular weight is 727 g/mol. The van der Waals surface area contributed by atoms with Crippen LogP contribution in [-0.4, -0.2) is 43.8 Å². The van der Waals surface area contributed by atoms with Crippen molar-refractivity contribution in [1.29, 1.82) is 0 Å². The molecule has 4 aromatic carbocycles. The summed E-state index contributed by atoms with van der Waals surface area (Å²) >= 11 is 19.3. The summed E-state index contributed by atoms with van der Waals surface area (Å²) < 4.78 is 29.5. The van der Waals surface area contributed by atoms with Gasteiger partial charge in [0, 0.05) is 39.6 Å². The smallest absolute Gasteiger partial charge is 0.264 e. The topological polar surface area (TPSA) is 86.8 Å². The van der Waals surface area contributed by atoms with Crippen LogP contribution in [0.5, 0.6) is 0 Å². The Morgan fingerprint density at radius 3 is 2.06 bits per heavy atom. The van der Waals surface area contributed by atoms with Gasteiger partial charge >= 0.3 is 0 Å². The Morgan fingerprint density at radius 2 is 1.44 bits per heavy atom. The predicted molar refractivity (Wildman–Crippen MR) is 193 cm³/mol. The molecule has 252 valence electrons. The number of nitrogens with one attached hydrogen (secondary N) is 1. The third-order valence-corrected chi connectivity index (χ3v) is 11.4. The number of benzene rings is 4. The number of rotatable bonds is 12. The Bertz CT molecular complexity index is 1800. The van der Waals surface area contributed by atoms with Gasteiger partial charge in [0.15, 0.2) is 0 Å². The zero-order valence-corrected chi connectivity index (χ0v) is 29.7. The fraction of sp³-hybridized carbons (Fsp3) is 0.297. The van der Waals surface area contributed by atoms with Crippen molar-refractivity contribution in [3.05, 3.63) is 129 Å². The summed E-state index contributed by atoms with van der Waals surface area (Å²) in [6.07, 6.45) is 5.05. The summed E-state index contributed by atoms with van der Waals surface area (Å²) in [5.41, 5.74) is 2.52. The Morgan fingerprint density at radius 1 is 0.812 bits per heavy atom. The van der Waals surface area contributed by atoms with Gasteiger partial charge in [-0.2, -0.15) is 0 Å². The molecular weight excluding hydrogens is 689 g/mol. The molecule has 0 radical (unpaired) electrons. The summed E-state index contributed by atoms with van der Waals surface area (Å²) in [7, 11) is -4.25. The van der Waals surface area contributed by atoms with Crippen LogP contribution in [0.25, 0.3) is 0 Å². The zero-order valence-electron chi connectivity index (χ0n) is 26.6. The van der Waals surface area contributed by atoms with E-state index in [0.717, 1.165) is 47.5 Å². The van der Waals surface area contributed by atoms with Gasteiger partial charge in [0.05, 0.1) is 10.6 Å². The van der Waals surface area contributed by atoms with E-state index < -0.39 is 28.5 Å². The van der Waals surface area contributed by atoms with Gasteiger partial charge in [-0.3, -0.25) is 13.9 Å². The number of sulfonamides is 1. The van der Waals surface area contributed by atoms with Gasteiger partial charge in [0.1, 0.15) is 12.6 Å². The molecule has 2 amide bonds. The molecule has 1 aliphatic rings. The number of anilines is 1. The van der Waals surface area contributed by atoms with Gasteiger partial charge in [-0.1, -0.05) is 108 Å². The molecule has 0 bridgehead atoms. The Kier molecular flexibility index (Phi) is 12.1. The number of hydrogen-bond donors (Lipinski definition) is 1. The van der Waals surface area contributed by atoms with Crippen molar-refractivity contribution < 1.29 is 18.0 Å². The third kappa shape index (κ3) is 8.91. The molecule has 0 saturated heterocycles. The van der Waals surface area contributed by atoms with Crippen molar-refractivity contribution in [2.75, 3.05) is 10.8 Å². The van der Waals surface area contributed by atoms with Crippen LogP contribution in [0, 0.1) is 6.92 Å². The lowest BCUT2D eigenvalue weighted by Gasteiger charge is -2.35. The van der Waals surface area contributed by atoms with Crippen molar-refractivity contribution in [2.24, 2.45) is 0 Å². The molecule has 0 aliphatic heterocycles. The van der Waals surface area contributed by atoms with E-state index in [2.05, 4.69) is 5.32 Å². The van der Waals surface area contributed by atoms with Crippen molar-refractivity contribution in [1.82, 2.24) is 10.2 Å². The lowest BCUT2D eigenvalue weighted by molar-refractivity contribution is -0.140. The Balaban J connectivity index is 1.59. The summed E-state index contributed by atoms with van der Waals surface area (Å²) in [4.78, 5) is 30.3. The Labute approximate surface area is 297 Å². The second kappa shape index (κ2) is 16.2. The summed E-state index contributed by atoms with van der Waals surface area (Å²) in [6, 6.07) is 26.1. The molecule has 0 heterocycles. The second-order valence-corrected chi connectivity index (χ2v) is 15.2. The maximum atomic E-state index is 14.7. The minimum Gasteiger partial charge on any atom is -0.352 e. The molecule has 1 saturated carbocycles. The molecule has 48 heavy (non-hydrogen) atoms. The highest BCUT2D eigenvalue weighted by atomic mass is 35.5. The van der Waals surface area contributed by atoms with Crippen molar-refractivity contribution in [2.45, 2.75) is 69.0 Å². The standard InChI is InChI=1S/C37H38Cl3N3O4S/c1-26-15-19-30(20-16-26)43(48(46,47)31-21-17-28(38)18-22-31)25-36(44)42(24-32-33(39)13-8-14-34(32)40)35(23-27-9-4-2-5-10-27)37(45)41-29-11-6-3-7-12-29/h2,4-5,8-10,13-22,29,35H,3,6-7,11-12,23-25H2,1H3,(H,41,45)/t35-/m1/s1. The number of hydrogen-bond acceptors (Lipinski definition) is 4. The maximum Gasteiger partial charge on any atom is 0.264 e. The lowest BCUT2D eigenvalue weighted by Crippen LogP contribution is -2.55. The minimum absolute atomic E-state index is 0.0142. The van der Waals surface area contributed by atoms with Crippen molar-refractivity contribution >= 4 is 62.3 Å². The normalized spacial score (nSPS) is 14.2. The first-order valence-corrected chi connectivity index (χ1v) is 18.5. The van der Waals surface area contributed by atoms with Crippen LogP contribution in [0.2, 0.25) is 15.1 Å². The molecule has 4 aromatic rings. The van der Waals surface area contributed by atoms with Crippen LogP contribution >= 0.6 is 34.8 Å². The van der Waals surface area contributed by atoms with Crippen LogP contribution in [0.4, 0.5) is 5.69 Å². The molecule has 1 aliphatic carbocycles.